The van der Waals surface area contributed by atoms with Crippen molar-refractivity contribution >= 4 is 11.6 Å². The van der Waals surface area contributed by atoms with Crippen LogP contribution in [0.15, 0.2) is 24.3 Å². The third-order valence-electron chi connectivity index (χ3n) is 3.05. The highest BCUT2D eigenvalue weighted by molar-refractivity contribution is 6.31. The van der Waals surface area contributed by atoms with Gasteiger partial charge in [0.25, 0.3) is 0 Å². The van der Waals surface area contributed by atoms with Gasteiger partial charge in [0.1, 0.15) is 5.75 Å². The molecule has 0 aliphatic rings. The van der Waals surface area contributed by atoms with Crippen molar-refractivity contribution in [2.75, 3.05) is 0 Å². The van der Waals surface area contributed by atoms with E-state index in [-0.39, 0.29) is 0 Å². The van der Waals surface area contributed by atoms with Gasteiger partial charge in [0.2, 0.25) is 0 Å². The van der Waals surface area contributed by atoms with Gasteiger partial charge in [-0.3, -0.25) is 4.68 Å². The van der Waals surface area contributed by atoms with Gasteiger partial charge in [-0.1, -0.05) is 29.8 Å². The molecule has 1 heterocycles. The molecular weight excluding hydrogens is 262 g/mol. The first kappa shape index (κ1) is 13.9. The molecule has 4 nitrogen and oxygen atoms in total. The smallest absolute Gasteiger partial charge is 0.120 e. The minimum absolute atomic E-state index is 0.307. The Morgan fingerprint density at radius 2 is 2.05 bits per heavy atom. The summed E-state index contributed by atoms with van der Waals surface area (Å²) in [6.45, 7) is 5.95. The molecule has 0 bridgehead atoms. The summed E-state index contributed by atoms with van der Waals surface area (Å²) in [5.41, 5.74) is 2.71. The third-order valence-corrected chi connectivity index (χ3v) is 3.54. The molecule has 0 spiro atoms. The molecule has 1 aromatic carbocycles. The van der Waals surface area contributed by atoms with E-state index >= 15 is 0 Å². The molecule has 5 heteroatoms. The fourth-order valence-corrected chi connectivity index (χ4v) is 2.22. The summed E-state index contributed by atoms with van der Waals surface area (Å²) in [4.78, 5) is 0. The molecular formula is C14H18ClN3O. The number of nitrogens with zero attached hydrogens (tertiary/aromatic N) is 2. The number of aromatic hydroxyl groups is 1. The van der Waals surface area contributed by atoms with E-state index < -0.39 is 0 Å². The second-order valence-electron chi connectivity index (χ2n) is 4.39. The van der Waals surface area contributed by atoms with Crippen molar-refractivity contribution in [1.29, 1.82) is 0 Å². The minimum atomic E-state index is 0.307. The van der Waals surface area contributed by atoms with Crippen LogP contribution >= 0.6 is 11.6 Å². The van der Waals surface area contributed by atoms with Gasteiger partial charge in [-0.2, -0.15) is 5.10 Å². The van der Waals surface area contributed by atoms with E-state index in [9.17, 15) is 5.11 Å². The average molecular weight is 280 g/mol. The lowest BCUT2D eigenvalue weighted by molar-refractivity contribution is 0.463. The summed E-state index contributed by atoms with van der Waals surface area (Å²) in [5, 5.41) is 18.0. The maximum atomic E-state index is 9.68. The normalized spacial score (nSPS) is 10.9. The van der Waals surface area contributed by atoms with Crippen LogP contribution in [0.4, 0.5) is 0 Å². The lowest BCUT2D eigenvalue weighted by Gasteiger charge is -2.08. The highest BCUT2D eigenvalue weighted by Crippen LogP contribution is 2.20. The molecule has 2 N–H and O–H groups in total. The summed E-state index contributed by atoms with van der Waals surface area (Å²) < 4.78 is 1.90. The minimum Gasteiger partial charge on any atom is -0.508 e. The van der Waals surface area contributed by atoms with Gasteiger partial charge in [-0.15, -0.1) is 0 Å². The van der Waals surface area contributed by atoms with E-state index in [1.807, 2.05) is 36.7 Å². The van der Waals surface area contributed by atoms with Crippen molar-refractivity contribution < 1.29 is 5.11 Å². The highest BCUT2D eigenvalue weighted by atomic mass is 35.5. The quantitative estimate of drug-likeness (QED) is 0.885. The number of aromatic nitrogens is 2. The van der Waals surface area contributed by atoms with Crippen LogP contribution in [-0.2, 0) is 19.6 Å². The van der Waals surface area contributed by atoms with Gasteiger partial charge in [-0.25, -0.2) is 0 Å². The Bertz CT molecular complexity index is 566. The molecule has 0 aliphatic carbocycles. The van der Waals surface area contributed by atoms with Crippen LogP contribution in [0.3, 0.4) is 0 Å². The van der Waals surface area contributed by atoms with Crippen LogP contribution in [-0.4, -0.2) is 14.9 Å². The van der Waals surface area contributed by atoms with Gasteiger partial charge in [0.05, 0.1) is 16.4 Å². The number of phenolic OH excluding ortho intramolecular Hbond substituents is 1. The number of para-hydroxylation sites is 1. The number of rotatable bonds is 5. The SMILES string of the molecule is CCn1nc(C)c(Cl)c1CNCc1ccccc1O. The Labute approximate surface area is 118 Å². The summed E-state index contributed by atoms with van der Waals surface area (Å²) >= 11 is 6.23. The number of nitrogens with one attached hydrogen (secondary N) is 1. The summed E-state index contributed by atoms with van der Waals surface area (Å²) in [6, 6.07) is 7.30. The van der Waals surface area contributed by atoms with Crippen LogP contribution in [0.5, 0.6) is 5.75 Å². The zero-order valence-electron chi connectivity index (χ0n) is 11.2. The molecule has 0 aliphatic heterocycles. The highest BCUT2D eigenvalue weighted by Gasteiger charge is 2.11. The maximum absolute atomic E-state index is 9.68. The third kappa shape index (κ3) is 3.08. The number of hydrogen-bond acceptors (Lipinski definition) is 3. The maximum Gasteiger partial charge on any atom is 0.120 e. The molecule has 0 saturated heterocycles. The van der Waals surface area contributed by atoms with Gasteiger partial charge >= 0.3 is 0 Å². The number of halogens is 1. The second kappa shape index (κ2) is 6.08. The largest absolute Gasteiger partial charge is 0.508 e. The van der Waals surface area contributed by atoms with Crippen molar-refractivity contribution in [3.05, 3.63) is 46.2 Å². The topological polar surface area (TPSA) is 50.1 Å². The summed E-state index contributed by atoms with van der Waals surface area (Å²) in [6.07, 6.45) is 0. The molecule has 1 aromatic heterocycles. The van der Waals surface area contributed by atoms with Crippen LogP contribution in [0.2, 0.25) is 5.02 Å². The van der Waals surface area contributed by atoms with Gasteiger partial charge in [0.15, 0.2) is 0 Å². The lowest BCUT2D eigenvalue weighted by Crippen LogP contribution is -2.16. The van der Waals surface area contributed by atoms with Gasteiger partial charge in [-0.05, 0) is 19.9 Å². The van der Waals surface area contributed by atoms with E-state index in [1.165, 1.54) is 0 Å². The molecule has 0 fully saturated rings. The molecule has 0 radical (unpaired) electrons. The van der Waals surface area contributed by atoms with Crippen molar-refractivity contribution in [3.8, 4) is 5.75 Å². The second-order valence-corrected chi connectivity index (χ2v) is 4.77. The number of benzene rings is 1. The molecule has 0 atom stereocenters. The number of hydrogen-bond donors (Lipinski definition) is 2. The Balaban J connectivity index is 2.02. The molecule has 2 aromatic rings. The predicted molar refractivity (Wildman–Crippen MR) is 76.3 cm³/mol. The first-order chi connectivity index (χ1) is 9.13. The van der Waals surface area contributed by atoms with Crippen molar-refractivity contribution in [2.24, 2.45) is 0 Å². The zero-order chi connectivity index (χ0) is 13.8. The Morgan fingerprint density at radius 1 is 1.32 bits per heavy atom. The van der Waals surface area contributed by atoms with E-state index in [0.717, 1.165) is 23.5 Å². The van der Waals surface area contributed by atoms with Gasteiger partial charge < -0.3 is 10.4 Å². The average Bonchev–Trinajstić information content (AvgIpc) is 2.68. The monoisotopic (exact) mass is 279 g/mol. The lowest BCUT2D eigenvalue weighted by atomic mass is 10.2. The number of aryl methyl sites for hydroxylation is 2. The van der Waals surface area contributed by atoms with Crippen LogP contribution in [0.25, 0.3) is 0 Å². The molecule has 0 unspecified atom stereocenters. The van der Waals surface area contributed by atoms with Crippen LogP contribution in [0, 0.1) is 6.92 Å². The standard InChI is InChI=1S/C14H18ClN3O/c1-3-18-12(14(15)10(2)17-18)9-16-8-11-6-4-5-7-13(11)19/h4-7,16,19H,3,8-9H2,1-2H3. The van der Waals surface area contributed by atoms with E-state index in [1.54, 1.807) is 6.07 Å². The predicted octanol–water partition coefficient (Wildman–Crippen LogP) is 2.86. The molecule has 2 rings (SSSR count). The van der Waals surface area contributed by atoms with Crippen molar-refractivity contribution in [2.45, 2.75) is 33.5 Å². The Morgan fingerprint density at radius 3 is 2.74 bits per heavy atom. The first-order valence-electron chi connectivity index (χ1n) is 6.32. The van der Waals surface area contributed by atoms with Crippen LogP contribution in [0.1, 0.15) is 23.9 Å². The van der Waals surface area contributed by atoms with Gasteiger partial charge in [0, 0.05) is 25.2 Å². The van der Waals surface area contributed by atoms with E-state index in [2.05, 4.69) is 10.4 Å². The van der Waals surface area contributed by atoms with E-state index in [4.69, 9.17) is 11.6 Å². The fraction of sp³-hybridized carbons (Fsp3) is 0.357. The van der Waals surface area contributed by atoms with E-state index in [0.29, 0.717) is 23.9 Å². The zero-order valence-corrected chi connectivity index (χ0v) is 11.9. The van der Waals surface area contributed by atoms with Crippen LogP contribution < -0.4 is 5.32 Å². The van der Waals surface area contributed by atoms with Crippen molar-refractivity contribution in [3.63, 3.8) is 0 Å². The first-order valence-corrected chi connectivity index (χ1v) is 6.70. The molecule has 0 amide bonds. The Hall–Kier alpha value is -1.52. The number of phenols is 1. The molecule has 19 heavy (non-hydrogen) atoms. The molecule has 102 valence electrons. The molecule has 0 saturated carbocycles. The summed E-state index contributed by atoms with van der Waals surface area (Å²) in [7, 11) is 0. The fourth-order valence-electron chi connectivity index (χ4n) is 2.01. The summed E-state index contributed by atoms with van der Waals surface area (Å²) in [5.74, 6) is 0.307. The Kier molecular flexibility index (Phi) is 4.45. The van der Waals surface area contributed by atoms with Crippen molar-refractivity contribution in [1.82, 2.24) is 15.1 Å².